The van der Waals surface area contributed by atoms with Gasteiger partial charge >= 0.3 is 5.97 Å². The van der Waals surface area contributed by atoms with Crippen LogP contribution in [-0.2, 0) is 4.79 Å². The van der Waals surface area contributed by atoms with Crippen LogP contribution < -0.4 is 0 Å². The highest BCUT2D eigenvalue weighted by molar-refractivity contribution is 5.79. The number of carboxylic acids is 1. The number of aliphatic carboxylic acids is 1. The highest BCUT2D eigenvalue weighted by atomic mass is 16.4. The van der Waals surface area contributed by atoms with Gasteiger partial charge in [0.1, 0.15) is 5.54 Å². The molecule has 1 fully saturated rings. The molecular weight excluding hydrogens is 166 g/mol. The van der Waals surface area contributed by atoms with Crippen molar-refractivity contribution in [2.24, 2.45) is 5.92 Å². The molecule has 0 radical (unpaired) electrons. The fourth-order valence-corrected chi connectivity index (χ4v) is 2.66. The molecule has 0 saturated heterocycles. The third-order valence-corrected chi connectivity index (χ3v) is 3.45. The van der Waals surface area contributed by atoms with Gasteiger partial charge in [0, 0.05) is 0 Å². The molecule has 0 spiro atoms. The van der Waals surface area contributed by atoms with E-state index in [2.05, 4.69) is 6.92 Å². The number of carbonyl (C=O) groups is 1. The van der Waals surface area contributed by atoms with Crippen molar-refractivity contribution in [2.75, 3.05) is 14.1 Å². The van der Waals surface area contributed by atoms with E-state index >= 15 is 0 Å². The zero-order valence-electron chi connectivity index (χ0n) is 8.71. The summed E-state index contributed by atoms with van der Waals surface area (Å²) in [5.41, 5.74) is -0.589. The number of likely N-dealkylation sites (N-methyl/N-ethyl adjacent to an activating group) is 1. The summed E-state index contributed by atoms with van der Waals surface area (Å²) in [6, 6.07) is 0. The lowest BCUT2D eigenvalue weighted by Gasteiger charge is -2.37. The quantitative estimate of drug-likeness (QED) is 0.725. The first-order valence-corrected chi connectivity index (χ1v) is 4.96. The van der Waals surface area contributed by atoms with Gasteiger partial charge in [-0.3, -0.25) is 9.69 Å². The van der Waals surface area contributed by atoms with Gasteiger partial charge in [0.25, 0.3) is 0 Å². The third-order valence-electron chi connectivity index (χ3n) is 3.45. The average Bonchev–Trinajstić information content (AvgIpc) is 2.47. The van der Waals surface area contributed by atoms with Crippen LogP contribution in [-0.4, -0.2) is 35.6 Å². The maximum Gasteiger partial charge on any atom is 0.324 e. The smallest absolute Gasteiger partial charge is 0.324 e. The fraction of sp³-hybridized carbons (Fsp3) is 0.900. The van der Waals surface area contributed by atoms with Crippen LogP contribution in [0.25, 0.3) is 0 Å². The number of hydrogen-bond donors (Lipinski definition) is 1. The van der Waals surface area contributed by atoms with E-state index in [1.807, 2.05) is 19.0 Å². The number of hydrogen-bond acceptors (Lipinski definition) is 2. The van der Waals surface area contributed by atoms with Crippen LogP contribution in [0.4, 0.5) is 0 Å². The van der Waals surface area contributed by atoms with Crippen LogP contribution in [0, 0.1) is 5.92 Å². The molecule has 0 aromatic heterocycles. The second kappa shape index (κ2) is 3.66. The van der Waals surface area contributed by atoms with Gasteiger partial charge in [-0.15, -0.1) is 0 Å². The lowest BCUT2D eigenvalue weighted by atomic mass is 9.84. The molecule has 13 heavy (non-hydrogen) atoms. The molecule has 1 aliphatic rings. The van der Waals surface area contributed by atoms with Crippen molar-refractivity contribution >= 4 is 5.97 Å². The van der Waals surface area contributed by atoms with Gasteiger partial charge in [0.2, 0.25) is 0 Å². The zero-order valence-corrected chi connectivity index (χ0v) is 8.71. The van der Waals surface area contributed by atoms with Gasteiger partial charge in [-0.05, 0) is 32.9 Å². The predicted octanol–water partition coefficient (Wildman–Crippen LogP) is 1.58. The third kappa shape index (κ3) is 1.46. The Morgan fingerprint density at radius 1 is 1.62 bits per heavy atom. The molecule has 0 aromatic carbocycles. The van der Waals surface area contributed by atoms with E-state index in [0.29, 0.717) is 5.92 Å². The summed E-state index contributed by atoms with van der Waals surface area (Å²) >= 11 is 0. The normalized spacial score (nSPS) is 34.0. The van der Waals surface area contributed by atoms with Crippen LogP contribution in [0.15, 0.2) is 0 Å². The molecule has 0 amide bonds. The first kappa shape index (κ1) is 10.5. The second-order valence-electron chi connectivity index (χ2n) is 4.12. The van der Waals surface area contributed by atoms with Crippen molar-refractivity contribution in [2.45, 2.75) is 38.1 Å². The van der Waals surface area contributed by atoms with Gasteiger partial charge < -0.3 is 5.11 Å². The highest BCUT2D eigenvalue weighted by Gasteiger charge is 2.49. The Bertz CT molecular complexity index is 203. The van der Waals surface area contributed by atoms with Crippen LogP contribution in [0.3, 0.4) is 0 Å². The SMILES string of the molecule is CCC1CCCC1(C(=O)O)N(C)C. The summed E-state index contributed by atoms with van der Waals surface area (Å²) in [6.07, 6.45) is 3.86. The molecule has 1 rings (SSSR count). The van der Waals surface area contributed by atoms with Crippen LogP contribution >= 0.6 is 0 Å². The van der Waals surface area contributed by atoms with E-state index in [4.69, 9.17) is 0 Å². The van der Waals surface area contributed by atoms with E-state index in [-0.39, 0.29) is 0 Å². The van der Waals surface area contributed by atoms with Crippen molar-refractivity contribution in [3.05, 3.63) is 0 Å². The van der Waals surface area contributed by atoms with E-state index < -0.39 is 11.5 Å². The van der Waals surface area contributed by atoms with Gasteiger partial charge in [-0.2, -0.15) is 0 Å². The topological polar surface area (TPSA) is 40.5 Å². The Hall–Kier alpha value is -0.570. The maximum absolute atomic E-state index is 11.3. The van der Waals surface area contributed by atoms with E-state index in [0.717, 1.165) is 25.7 Å². The van der Waals surface area contributed by atoms with Crippen molar-refractivity contribution in [3.63, 3.8) is 0 Å². The van der Waals surface area contributed by atoms with Gasteiger partial charge in [0.15, 0.2) is 0 Å². The lowest BCUT2D eigenvalue weighted by Crippen LogP contribution is -2.53. The number of carboxylic acid groups (broad SMARTS) is 1. The molecule has 3 nitrogen and oxygen atoms in total. The molecule has 0 bridgehead atoms. The predicted molar refractivity (Wildman–Crippen MR) is 51.7 cm³/mol. The Labute approximate surface area is 79.7 Å². The summed E-state index contributed by atoms with van der Waals surface area (Å²) in [4.78, 5) is 13.2. The second-order valence-corrected chi connectivity index (χ2v) is 4.12. The van der Waals surface area contributed by atoms with Crippen LogP contribution in [0.1, 0.15) is 32.6 Å². The summed E-state index contributed by atoms with van der Waals surface area (Å²) in [5.74, 6) is -0.332. The first-order chi connectivity index (χ1) is 6.05. The van der Waals surface area contributed by atoms with Crippen LogP contribution in [0.5, 0.6) is 0 Å². The van der Waals surface area contributed by atoms with Crippen molar-refractivity contribution in [3.8, 4) is 0 Å². The average molecular weight is 185 g/mol. The summed E-state index contributed by atoms with van der Waals surface area (Å²) in [7, 11) is 3.75. The van der Waals surface area contributed by atoms with Gasteiger partial charge in [-0.25, -0.2) is 0 Å². The number of rotatable bonds is 3. The highest BCUT2D eigenvalue weighted by Crippen LogP contribution is 2.41. The van der Waals surface area contributed by atoms with Crippen molar-refractivity contribution < 1.29 is 9.90 Å². The molecule has 1 aliphatic carbocycles. The van der Waals surface area contributed by atoms with E-state index in [1.165, 1.54) is 0 Å². The molecule has 0 aliphatic heterocycles. The molecule has 3 heteroatoms. The summed E-state index contributed by atoms with van der Waals surface area (Å²) < 4.78 is 0. The van der Waals surface area contributed by atoms with Crippen LogP contribution in [0.2, 0.25) is 0 Å². The molecule has 1 N–H and O–H groups in total. The van der Waals surface area contributed by atoms with Crippen molar-refractivity contribution in [1.29, 1.82) is 0 Å². The standard InChI is InChI=1S/C10H19NO2/c1-4-8-6-5-7-10(8,9(12)13)11(2)3/h8H,4-7H2,1-3H3,(H,12,13). The maximum atomic E-state index is 11.3. The zero-order chi connectivity index (χ0) is 10.1. The first-order valence-electron chi connectivity index (χ1n) is 4.96. The summed E-state index contributed by atoms with van der Waals surface area (Å²) in [6.45, 7) is 2.08. The molecule has 0 aromatic rings. The molecular formula is C10H19NO2. The fourth-order valence-electron chi connectivity index (χ4n) is 2.66. The van der Waals surface area contributed by atoms with E-state index in [1.54, 1.807) is 0 Å². The Morgan fingerprint density at radius 2 is 2.23 bits per heavy atom. The molecule has 76 valence electrons. The molecule has 2 atom stereocenters. The minimum atomic E-state index is -0.651. The molecule has 1 saturated carbocycles. The number of nitrogens with zero attached hydrogens (tertiary/aromatic N) is 1. The lowest BCUT2D eigenvalue weighted by molar-refractivity contribution is -0.152. The van der Waals surface area contributed by atoms with E-state index in [9.17, 15) is 9.90 Å². The minimum Gasteiger partial charge on any atom is -0.480 e. The Balaban J connectivity index is 2.95. The minimum absolute atomic E-state index is 0.319. The van der Waals surface area contributed by atoms with Gasteiger partial charge in [-0.1, -0.05) is 19.8 Å². The summed E-state index contributed by atoms with van der Waals surface area (Å²) in [5, 5.41) is 9.29. The van der Waals surface area contributed by atoms with Crippen molar-refractivity contribution in [1.82, 2.24) is 4.90 Å². The Morgan fingerprint density at radius 3 is 2.54 bits per heavy atom. The largest absolute Gasteiger partial charge is 0.480 e. The molecule has 0 heterocycles. The monoisotopic (exact) mass is 185 g/mol. The van der Waals surface area contributed by atoms with Gasteiger partial charge in [0.05, 0.1) is 0 Å². The molecule has 2 unspecified atom stereocenters. The Kier molecular flexibility index (Phi) is 2.96.